The molecule has 1 saturated heterocycles. The summed E-state index contributed by atoms with van der Waals surface area (Å²) in [6.45, 7) is 3.96. The van der Waals surface area contributed by atoms with E-state index in [9.17, 15) is 0 Å². The van der Waals surface area contributed by atoms with Crippen LogP contribution in [0.3, 0.4) is 0 Å². The zero-order valence-corrected chi connectivity index (χ0v) is 17.5. The lowest BCUT2D eigenvalue weighted by Gasteiger charge is -2.27. The Hall–Kier alpha value is -2.44. The van der Waals surface area contributed by atoms with E-state index < -0.39 is 0 Å². The molecule has 1 fully saturated rings. The molecule has 0 bridgehead atoms. The van der Waals surface area contributed by atoms with Crippen LogP contribution in [0.1, 0.15) is 34.0 Å². The molecule has 0 amide bonds. The largest absolute Gasteiger partial charge is 0.385 e. The van der Waals surface area contributed by atoms with Gasteiger partial charge >= 0.3 is 0 Å². The number of nitrogens with zero attached hydrogens (tertiary/aromatic N) is 2. The van der Waals surface area contributed by atoms with Crippen molar-refractivity contribution in [2.45, 2.75) is 25.4 Å². The summed E-state index contributed by atoms with van der Waals surface area (Å²) in [5.41, 5.74) is 2.19. The molecular formula is C22H24N4S2. The molecule has 4 rings (SSSR count). The van der Waals surface area contributed by atoms with Gasteiger partial charge in [-0.15, -0.1) is 11.3 Å². The summed E-state index contributed by atoms with van der Waals surface area (Å²) in [5, 5.41) is 7.81. The van der Waals surface area contributed by atoms with Crippen LogP contribution in [0.25, 0.3) is 0 Å². The topological polar surface area (TPSA) is 40.2 Å². The maximum absolute atomic E-state index is 5.72. The molecule has 2 atom stereocenters. The number of benzene rings is 1. The van der Waals surface area contributed by atoms with Crippen molar-refractivity contribution in [2.75, 3.05) is 18.4 Å². The molecule has 1 aliphatic heterocycles. The Labute approximate surface area is 175 Å². The molecule has 0 aliphatic carbocycles. The fraction of sp³-hybridized carbons (Fsp3) is 0.273. The standard InChI is InChI=1S/C22H24N4S2/c1-16-11-12-19(28-16)21-20(18-10-5-6-13-24-18)25-22(27)26(21)15-7-14-23-17-8-3-2-4-9-17/h2-6,8-13,20-21,23H,7,14-15H2,1H3,(H,25,27)/t20-,21+/m0/s1. The van der Waals surface area contributed by atoms with E-state index in [1.807, 2.05) is 35.7 Å². The van der Waals surface area contributed by atoms with Crippen LogP contribution in [0.4, 0.5) is 5.69 Å². The Kier molecular flexibility index (Phi) is 5.88. The van der Waals surface area contributed by atoms with Crippen LogP contribution in [-0.4, -0.2) is 28.1 Å². The highest BCUT2D eigenvalue weighted by atomic mass is 32.1. The normalized spacial score (nSPS) is 18.9. The lowest BCUT2D eigenvalue weighted by atomic mass is 10.0. The van der Waals surface area contributed by atoms with Gasteiger partial charge in [-0.1, -0.05) is 24.3 Å². The molecule has 1 aliphatic rings. The number of anilines is 1. The highest BCUT2D eigenvalue weighted by Gasteiger charge is 2.40. The van der Waals surface area contributed by atoms with Crippen LogP contribution in [-0.2, 0) is 0 Å². The fourth-order valence-electron chi connectivity index (χ4n) is 3.61. The molecule has 144 valence electrons. The monoisotopic (exact) mass is 408 g/mol. The average Bonchev–Trinajstić information content (AvgIpc) is 3.29. The van der Waals surface area contributed by atoms with Gasteiger partial charge in [0.15, 0.2) is 5.11 Å². The molecule has 2 aromatic heterocycles. The smallest absolute Gasteiger partial charge is 0.170 e. The van der Waals surface area contributed by atoms with Gasteiger partial charge < -0.3 is 15.5 Å². The number of rotatable bonds is 7. The predicted octanol–water partition coefficient (Wildman–Crippen LogP) is 4.93. The summed E-state index contributed by atoms with van der Waals surface area (Å²) < 4.78 is 0. The average molecular weight is 409 g/mol. The number of thiophene rings is 1. The molecule has 1 aromatic carbocycles. The van der Waals surface area contributed by atoms with Crippen molar-refractivity contribution in [3.8, 4) is 0 Å². The van der Waals surface area contributed by atoms with E-state index in [1.54, 1.807) is 0 Å². The number of hydrogen-bond donors (Lipinski definition) is 2. The van der Waals surface area contributed by atoms with Gasteiger partial charge in [-0.25, -0.2) is 0 Å². The van der Waals surface area contributed by atoms with Gasteiger partial charge in [0.2, 0.25) is 0 Å². The number of thiocarbonyl (C=S) groups is 1. The SMILES string of the molecule is Cc1ccc([C@@H]2[C@H](c3ccccn3)NC(=S)N2CCCNc2ccccc2)s1. The van der Waals surface area contributed by atoms with Gasteiger partial charge in [-0.05, 0) is 62.0 Å². The quantitative estimate of drug-likeness (QED) is 0.429. The third-order valence-electron chi connectivity index (χ3n) is 4.93. The molecule has 6 heteroatoms. The van der Waals surface area contributed by atoms with E-state index >= 15 is 0 Å². The van der Waals surface area contributed by atoms with Gasteiger partial charge in [-0.3, -0.25) is 4.98 Å². The first-order chi connectivity index (χ1) is 13.7. The summed E-state index contributed by atoms with van der Waals surface area (Å²) in [6.07, 6.45) is 2.86. The van der Waals surface area contributed by atoms with Crippen molar-refractivity contribution in [1.29, 1.82) is 0 Å². The second-order valence-electron chi connectivity index (χ2n) is 6.91. The van der Waals surface area contributed by atoms with E-state index in [-0.39, 0.29) is 12.1 Å². The Balaban J connectivity index is 1.48. The molecule has 0 spiro atoms. The van der Waals surface area contributed by atoms with Crippen molar-refractivity contribution in [2.24, 2.45) is 0 Å². The lowest BCUT2D eigenvalue weighted by molar-refractivity contribution is 0.320. The zero-order valence-electron chi connectivity index (χ0n) is 15.8. The number of aromatic nitrogens is 1. The van der Waals surface area contributed by atoms with Crippen LogP contribution < -0.4 is 10.6 Å². The summed E-state index contributed by atoms with van der Waals surface area (Å²) >= 11 is 7.56. The van der Waals surface area contributed by atoms with E-state index in [1.165, 1.54) is 9.75 Å². The van der Waals surface area contributed by atoms with E-state index in [2.05, 4.69) is 69.9 Å². The maximum atomic E-state index is 5.72. The Bertz CT molecular complexity index is 911. The maximum Gasteiger partial charge on any atom is 0.170 e. The molecule has 3 heterocycles. The third-order valence-corrected chi connectivity index (χ3v) is 6.35. The van der Waals surface area contributed by atoms with Gasteiger partial charge in [-0.2, -0.15) is 0 Å². The van der Waals surface area contributed by atoms with E-state index in [0.717, 1.165) is 36.0 Å². The van der Waals surface area contributed by atoms with Gasteiger partial charge in [0.25, 0.3) is 0 Å². The minimum absolute atomic E-state index is 0.0776. The number of nitrogens with one attached hydrogen (secondary N) is 2. The van der Waals surface area contributed by atoms with Gasteiger partial charge in [0.1, 0.15) is 0 Å². The van der Waals surface area contributed by atoms with E-state index in [0.29, 0.717) is 0 Å². The van der Waals surface area contributed by atoms with Crippen LogP contribution in [0.5, 0.6) is 0 Å². The number of hydrogen-bond acceptors (Lipinski definition) is 4. The second kappa shape index (κ2) is 8.71. The first-order valence-corrected chi connectivity index (χ1v) is 10.8. The predicted molar refractivity (Wildman–Crippen MR) is 121 cm³/mol. The van der Waals surface area contributed by atoms with Crippen molar-refractivity contribution in [1.82, 2.24) is 15.2 Å². The van der Waals surface area contributed by atoms with Crippen molar-refractivity contribution >= 4 is 34.4 Å². The van der Waals surface area contributed by atoms with Crippen molar-refractivity contribution in [3.63, 3.8) is 0 Å². The van der Waals surface area contributed by atoms with Crippen LogP contribution in [0, 0.1) is 6.92 Å². The third kappa shape index (κ3) is 4.18. The number of para-hydroxylation sites is 1. The second-order valence-corrected chi connectivity index (χ2v) is 8.62. The van der Waals surface area contributed by atoms with Gasteiger partial charge in [0.05, 0.1) is 17.8 Å². The fourth-order valence-corrected chi connectivity index (χ4v) is 4.97. The van der Waals surface area contributed by atoms with Crippen LogP contribution >= 0.6 is 23.6 Å². The molecule has 3 aromatic rings. The number of pyridine rings is 1. The molecule has 4 nitrogen and oxygen atoms in total. The molecular weight excluding hydrogens is 384 g/mol. The molecule has 0 unspecified atom stereocenters. The summed E-state index contributed by atoms with van der Waals surface area (Å²) in [7, 11) is 0. The zero-order chi connectivity index (χ0) is 19.3. The summed E-state index contributed by atoms with van der Waals surface area (Å²) in [6, 6.07) is 21.1. The van der Waals surface area contributed by atoms with Crippen molar-refractivity contribution in [3.05, 3.63) is 82.3 Å². The highest BCUT2D eigenvalue weighted by Crippen LogP contribution is 2.41. The van der Waals surface area contributed by atoms with E-state index in [4.69, 9.17) is 12.2 Å². The van der Waals surface area contributed by atoms with Gasteiger partial charge in [0, 0.05) is 34.7 Å². The molecule has 0 saturated carbocycles. The molecule has 2 N–H and O–H groups in total. The minimum atomic E-state index is 0.0776. The first kappa shape index (κ1) is 18.9. The summed E-state index contributed by atoms with van der Waals surface area (Å²) in [4.78, 5) is 9.57. The number of aryl methyl sites for hydroxylation is 1. The van der Waals surface area contributed by atoms with Crippen LogP contribution in [0.2, 0.25) is 0 Å². The van der Waals surface area contributed by atoms with Crippen LogP contribution in [0.15, 0.2) is 66.9 Å². The molecule has 28 heavy (non-hydrogen) atoms. The Morgan fingerprint density at radius 3 is 2.64 bits per heavy atom. The summed E-state index contributed by atoms with van der Waals surface area (Å²) in [5.74, 6) is 0. The van der Waals surface area contributed by atoms with Crippen molar-refractivity contribution < 1.29 is 0 Å². The highest BCUT2D eigenvalue weighted by molar-refractivity contribution is 7.80. The Morgan fingerprint density at radius 1 is 1.11 bits per heavy atom. The molecule has 0 radical (unpaired) electrons. The minimum Gasteiger partial charge on any atom is -0.385 e. The first-order valence-electron chi connectivity index (χ1n) is 9.56. The Morgan fingerprint density at radius 2 is 1.93 bits per heavy atom. The lowest BCUT2D eigenvalue weighted by Crippen LogP contribution is -2.31.